The number of rotatable bonds is 5. The number of nitrogens with zero attached hydrogens (tertiary/aromatic N) is 3. The number of carbonyl (C=O) groups excluding carboxylic acids is 1. The molecule has 1 heterocycles. The van der Waals surface area contributed by atoms with Crippen LogP contribution in [0.4, 0.5) is 18.9 Å². The molecule has 0 bridgehead atoms. The molecule has 0 saturated heterocycles. The van der Waals surface area contributed by atoms with E-state index < -0.39 is 22.6 Å². The highest BCUT2D eigenvalue weighted by Crippen LogP contribution is 2.37. The second-order valence-electron chi connectivity index (χ2n) is 5.45. The molecule has 144 valence electrons. The average Bonchev–Trinajstić information content (AvgIpc) is 3.11. The maximum absolute atomic E-state index is 12.7. The molecule has 9 nitrogen and oxygen atoms in total. The lowest BCUT2D eigenvalue weighted by atomic mass is 10.1. The molecule has 1 amide bonds. The maximum Gasteiger partial charge on any atom is 0.416 e. The molecule has 1 aromatic heterocycles. The van der Waals surface area contributed by atoms with Gasteiger partial charge >= 0.3 is 6.18 Å². The molecule has 3 aromatic rings. The van der Waals surface area contributed by atoms with Crippen molar-refractivity contribution >= 4 is 11.6 Å². The molecule has 0 atom stereocenters. The van der Waals surface area contributed by atoms with E-state index in [1.54, 1.807) is 0 Å². The smallest absolute Gasteiger partial charge is 0.416 e. The van der Waals surface area contributed by atoms with E-state index in [0.29, 0.717) is 0 Å². The van der Waals surface area contributed by atoms with Gasteiger partial charge in [-0.1, -0.05) is 0 Å². The Labute approximate surface area is 154 Å². The molecule has 2 aromatic carbocycles. The van der Waals surface area contributed by atoms with Crippen molar-refractivity contribution in [1.29, 1.82) is 0 Å². The molecule has 0 spiro atoms. The van der Waals surface area contributed by atoms with Gasteiger partial charge in [-0.3, -0.25) is 14.9 Å². The van der Waals surface area contributed by atoms with Crippen LogP contribution in [0.5, 0.6) is 11.5 Å². The number of nitrogens with two attached hydrogens (primary N) is 1. The van der Waals surface area contributed by atoms with Gasteiger partial charge in [0.15, 0.2) is 5.69 Å². The Morgan fingerprint density at radius 3 is 2.39 bits per heavy atom. The fraction of sp³-hybridized carbons (Fsp3) is 0.0625. The number of benzene rings is 2. The minimum absolute atomic E-state index is 0.00163. The van der Waals surface area contributed by atoms with Gasteiger partial charge in [0.2, 0.25) is 0 Å². The third-order valence-electron chi connectivity index (χ3n) is 3.62. The van der Waals surface area contributed by atoms with E-state index in [4.69, 9.17) is 10.5 Å². The predicted octanol–water partition coefficient (Wildman–Crippen LogP) is 3.29. The molecule has 0 fully saturated rings. The number of nitro groups is 1. The van der Waals surface area contributed by atoms with Gasteiger partial charge in [0.1, 0.15) is 17.2 Å². The second kappa shape index (κ2) is 6.98. The van der Waals surface area contributed by atoms with Crippen molar-refractivity contribution in [2.75, 3.05) is 0 Å². The molecule has 0 aliphatic rings. The van der Waals surface area contributed by atoms with Crippen molar-refractivity contribution in [3.63, 3.8) is 0 Å². The van der Waals surface area contributed by atoms with Crippen LogP contribution >= 0.6 is 0 Å². The van der Waals surface area contributed by atoms with Crippen LogP contribution in [-0.2, 0) is 6.18 Å². The number of hydrogen-bond acceptors (Lipinski definition) is 6. The van der Waals surface area contributed by atoms with Crippen LogP contribution in [0, 0.1) is 10.1 Å². The molecule has 3 N–H and O–H groups in total. The number of non-ortho nitro benzene ring substituents is 1. The SMILES string of the molecule is NC(=O)c1n[nH]nc1-c1cc([N+](=O)[O-])ccc1Oc1ccc(C(F)(F)F)cc1. The van der Waals surface area contributed by atoms with Gasteiger partial charge in [0.25, 0.3) is 11.6 Å². The lowest BCUT2D eigenvalue weighted by Crippen LogP contribution is -2.13. The van der Waals surface area contributed by atoms with Crippen LogP contribution in [0.15, 0.2) is 42.5 Å². The van der Waals surface area contributed by atoms with Gasteiger partial charge in [0, 0.05) is 12.1 Å². The lowest BCUT2D eigenvalue weighted by Gasteiger charge is -2.11. The zero-order valence-electron chi connectivity index (χ0n) is 13.7. The summed E-state index contributed by atoms with van der Waals surface area (Å²) in [5.41, 5.74) is 3.65. The Kier molecular flexibility index (Phi) is 4.69. The number of aromatic nitrogens is 3. The first kappa shape index (κ1) is 18.8. The first-order chi connectivity index (χ1) is 13.2. The van der Waals surface area contributed by atoms with Gasteiger partial charge < -0.3 is 10.5 Å². The lowest BCUT2D eigenvalue weighted by molar-refractivity contribution is -0.384. The fourth-order valence-electron chi connectivity index (χ4n) is 2.33. The first-order valence-electron chi connectivity index (χ1n) is 7.51. The largest absolute Gasteiger partial charge is 0.457 e. The monoisotopic (exact) mass is 393 g/mol. The Hall–Kier alpha value is -3.96. The number of aromatic amines is 1. The molecule has 0 unspecified atom stereocenters. The van der Waals surface area contributed by atoms with E-state index >= 15 is 0 Å². The minimum Gasteiger partial charge on any atom is -0.457 e. The molecule has 0 saturated carbocycles. The summed E-state index contributed by atoms with van der Waals surface area (Å²) in [5.74, 6) is -0.898. The number of nitro benzene ring substituents is 1. The number of carbonyl (C=O) groups is 1. The highest BCUT2D eigenvalue weighted by molar-refractivity contribution is 5.97. The van der Waals surface area contributed by atoms with Crippen LogP contribution in [0.25, 0.3) is 11.3 Å². The van der Waals surface area contributed by atoms with Gasteiger partial charge in [-0.2, -0.15) is 28.6 Å². The molecular weight excluding hydrogens is 383 g/mol. The van der Waals surface area contributed by atoms with Crippen molar-refractivity contribution in [3.8, 4) is 22.8 Å². The highest BCUT2D eigenvalue weighted by Gasteiger charge is 2.30. The number of H-pyrrole nitrogens is 1. The highest BCUT2D eigenvalue weighted by atomic mass is 19.4. The quantitative estimate of drug-likeness (QED) is 0.504. The van der Waals surface area contributed by atoms with Crippen molar-refractivity contribution in [2.45, 2.75) is 6.18 Å². The molecule has 0 radical (unpaired) electrons. The average molecular weight is 393 g/mol. The van der Waals surface area contributed by atoms with Crippen LogP contribution in [-0.4, -0.2) is 26.2 Å². The Balaban J connectivity index is 2.04. The summed E-state index contributed by atoms with van der Waals surface area (Å²) >= 11 is 0. The predicted molar refractivity (Wildman–Crippen MR) is 88.5 cm³/mol. The van der Waals surface area contributed by atoms with Crippen LogP contribution in [0.3, 0.4) is 0 Å². The summed E-state index contributed by atoms with van der Waals surface area (Å²) in [6.45, 7) is 0. The summed E-state index contributed by atoms with van der Waals surface area (Å²) in [4.78, 5) is 21.9. The van der Waals surface area contributed by atoms with Crippen molar-refractivity contribution < 1.29 is 27.6 Å². The number of amides is 1. The van der Waals surface area contributed by atoms with Crippen molar-refractivity contribution in [2.24, 2.45) is 5.73 Å². The zero-order valence-corrected chi connectivity index (χ0v) is 13.7. The van der Waals surface area contributed by atoms with E-state index in [-0.39, 0.29) is 34.1 Å². The standard InChI is InChI=1S/C16H10F3N5O4/c17-16(18,19)8-1-4-10(5-2-8)28-12-6-3-9(24(26)27)7-11(12)13-14(15(20)25)22-23-21-13/h1-7H,(H2,20,25)(H,21,22,23). The van der Waals surface area contributed by atoms with Gasteiger partial charge in [-0.15, -0.1) is 0 Å². The van der Waals surface area contributed by atoms with Crippen LogP contribution < -0.4 is 10.5 Å². The zero-order chi connectivity index (χ0) is 20.5. The fourth-order valence-corrected chi connectivity index (χ4v) is 2.33. The van der Waals surface area contributed by atoms with E-state index in [1.165, 1.54) is 6.07 Å². The van der Waals surface area contributed by atoms with Crippen LogP contribution in [0.1, 0.15) is 16.1 Å². The summed E-state index contributed by atoms with van der Waals surface area (Å²) < 4.78 is 43.6. The minimum atomic E-state index is -4.51. The number of alkyl halides is 3. The maximum atomic E-state index is 12.7. The van der Waals surface area contributed by atoms with E-state index in [0.717, 1.165) is 36.4 Å². The van der Waals surface area contributed by atoms with Gasteiger partial charge in [-0.05, 0) is 30.3 Å². The second-order valence-corrected chi connectivity index (χ2v) is 5.45. The Morgan fingerprint density at radius 2 is 1.82 bits per heavy atom. The third kappa shape index (κ3) is 3.75. The third-order valence-corrected chi connectivity index (χ3v) is 3.62. The Morgan fingerprint density at radius 1 is 1.14 bits per heavy atom. The Bertz CT molecular complexity index is 1050. The molecule has 0 aliphatic heterocycles. The first-order valence-corrected chi connectivity index (χ1v) is 7.51. The molecule has 12 heteroatoms. The molecule has 3 rings (SSSR count). The van der Waals surface area contributed by atoms with Crippen LogP contribution in [0.2, 0.25) is 0 Å². The molecule has 0 aliphatic carbocycles. The number of primary amides is 1. The van der Waals surface area contributed by atoms with Crippen molar-refractivity contribution in [1.82, 2.24) is 15.4 Å². The summed E-state index contributed by atoms with van der Waals surface area (Å²) in [6.07, 6.45) is -4.51. The number of halogens is 3. The van der Waals surface area contributed by atoms with E-state index in [1.807, 2.05) is 0 Å². The normalized spacial score (nSPS) is 11.2. The van der Waals surface area contributed by atoms with Gasteiger partial charge in [0.05, 0.1) is 16.1 Å². The van der Waals surface area contributed by atoms with E-state index in [9.17, 15) is 28.1 Å². The molecule has 28 heavy (non-hydrogen) atoms. The summed E-state index contributed by atoms with van der Waals surface area (Å²) in [6, 6.07) is 7.27. The topological polar surface area (TPSA) is 137 Å². The molecular formula is C16H10F3N5O4. The van der Waals surface area contributed by atoms with Crippen molar-refractivity contribution in [3.05, 3.63) is 63.8 Å². The van der Waals surface area contributed by atoms with E-state index in [2.05, 4.69) is 15.4 Å². The summed E-state index contributed by atoms with van der Waals surface area (Å²) in [7, 11) is 0. The number of hydrogen-bond donors (Lipinski definition) is 2. The summed E-state index contributed by atoms with van der Waals surface area (Å²) in [5, 5.41) is 20.6. The van der Waals surface area contributed by atoms with Gasteiger partial charge in [-0.25, -0.2) is 0 Å². The number of ether oxygens (including phenoxy) is 1. The number of nitrogens with one attached hydrogen (secondary N) is 1.